The standard InChI is InChI=1S/C26H30N2S/c29-26-23(20-10-2-1-3-11-20)24-21-12-6-4-8-18(21)14-16-27(24)25-22-13-7-5-9-19(22)15-17-28(25)26/h4-9,12-13,20,23-25H,1-3,10-11,14-17H2/t23-,24-,25-/m0/s1. The summed E-state index contributed by atoms with van der Waals surface area (Å²) in [4.78, 5) is 6.70. The van der Waals surface area contributed by atoms with Gasteiger partial charge in [-0.3, -0.25) is 4.90 Å². The van der Waals surface area contributed by atoms with E-state index in [1.807, 2.05) is 0 Å². The molecule has 1 aliphatic carbocycles. The monoisotopic (exact) mass is 402 g/mol. The Morgan fingerprint density at radius 3 is 2.21 bits per heavy atom. The second-order valence-corrected chi connectivity index (χ2v) is 9.83. The first-order chi connectivity index (χ1) is 14.3. The van der Waals surface area contributed by atoms with Crippen molar-refractivity contribution in [2.24, 2.45) is 11.8 Å². The average molecular weight is 403 g/mol. The molecule has 3 atom stereocenters. The summed E-state index contributed by atoms with van der Waals surface area (Å²) in [5.41, 5.74) is 6.12. The lowest BCUT2D eigenvalue weighted by atomic mass is 9.70. The maximum absolute atomic E-state index is 6.33. The van der Waals surface area contributed by atoms with Crippen LogP contribution < -0.4 is 0 Å². The van der Waals surface area contributed by atoms with E-state index in [1.54, 1.807) is 11.1 Å². The summed E-state index contributed by atoms with van der Waals surface area (Å²) in [6.45, 7) is 2.22. The SMILES string of the molecule is S=C1[C@@H](C2CCCCC2)[C@@H]2c3ccccc3CCN2[C@@H]2c3ccccc3CCN12. The molecule has 0 bridgehead atoms. The van der Waals surface area contributed by atoms with Gasteiger partial charge < -0.3 is 4.90 Å². The molecule has 4 aliphatic rings. The van der Waals surface area contributed by atoms with Crippen molar-refractivity contribution in [3.63, 3.8) is 0 Å². The third kappa shape index (κ3) is 2.81. The van der Waals surface area contributed by atoms with Gasteiger partial charge in [0.05, 0.1) is 4.99 Å². The van der Waals surface area contributed by atoms with Crippen LogP contribution in [0, 0.1) is 11.8 Å². The summed E-state index contributed by atoms with van der Waals surface area (Å²) >= 11 is 6.33. The molecule has 1 saturated heterocycles. The normalized spacial score (nSPS) is 29.6. The average Bonchev–Trinajstić information content (AvgIpc) is 2.79. The van der Waals surface area contributed by atoms with Gasteiger partial charge in [-0.15, -0.1) is 0 Å². The fourth-order valence-corrected chi connectivity index (χ4v) is 7.22. The van der Waals surface area contributed by atoms with Gasteiger partial charge in [-0.05, 0) is 53.9 Å². The highest BCUT2D eigenvalue weighted by molar-refractivity contribution is 7.80. The molecule has 0 unspecified atom stereocenters. The van der Waals surface area contributed by atoms with E-state index in [0.29, 0.717) is 18.1 Å². The summed E-state index contributed by atoms with van der Waals surface area (Å²) in [5, 5.41) is 0. The van der Waals surface area contributed by atoms with Crippen molar-refractivity contribution in [1.82, 2.24) is 9.80 Å². The molecule has 2 aromatic rings. The lowest BCUT2D eigenvalue weighted by Gasteiger charge is -2.58. The molecule has 0 amide bonds. The molecule has 0 radical (unpaired) electrons. The zero-order chi connectivity index (χ0) is 19.4. The largest absolute Gasteiger partial charge is 0.346 e. The van der Waals surface area contributed by atoms with E-state index < -0.39 is 0 Å². The first-order valence-corrected chi connectivity index (χ1v) is 12.0. The van der Waals surface area contributed by atoms with Crippen molar-refractivity contribution in [3.8, 4) is 0 Å². The molecule has 3 heterocycles. The molecular formula is C26H30N2S. The minimum absolute atomic E-state index is 0.325. The second-order valence-electron chi connectivity index (χ2n) is 9.41. The van der Waals surface area contributed by atoms with Crippen molar-refractivity contribution >= 4 is 17.2 Å². The molecule has 1 saturated carbocycles. The Morgan fingerprint density at radius 1 is 0.759 bits per heavy atom. The molecule has 3 aliphatic heterocycles. The molecule has 0 spiro atoms. The Labute approximate surface area is 179 Å². The predicted octanol–water partition coefficient (Wildman–Crippen LogP) is 5.68. The Kier molecular flexibility index (Phi) is 4.50. The van der Waals surface area contributed by atoms with Crippen molar-refractivity contribution in [1.29, 1.82) is 0 Å². The summed E-state index contributed by atoms with van der Waals surface area (Å²) in [6, 6.07) is 18.8. The summed E-state index contributed by atoms with van der Waals surface area (Å²) in [6.07, 6.45) is 9.47. The van der Waals surface area contributed by atoms with E-state index in [1.165, 1.54) is 48.2 Å². The van der Waals surface area contributed by atoms with E-state index in [2.05, 4.69) is 58.3 Å². The highest BCUT2D eigenvalue weighted by Crippen LogP contribution is 2.52. The van der Waals surface area contributed by atoms with Crippen LogP contribution in [0.1, 0.15) is 66.6 Å². The van der Waals surface area contributed by atoms with Crippen LogP contribution in [0.2, 0.25) is 0 Å². The smallest absolute Gasteiger partial charge is 0.109 e. The van der Waals surface area contributed by atoms with Crippen LogP contribution in [0.3, 0.4) is 0 Å². The number of nitrogens with zero attached hydrogens (tertiary/aromatic N) is 2. The lowest BCUT2D eigenvalue weighted by Crippen LogP contribution is -2.60. The Balaban J connectivity index is 1.50. The topological polar surface area (TPSA) is 6.48 Å². The summed E-state index contributed by atoms with van der Waals surface area (Å²) < 4.78 is 0. The van der Waals surface area contributed by atoms with Gasteiger partial charge in [0.15, 0.2) is 0 Å². The molecule has 2 aromatic carbocycles. The van der Waals surface area contributed by atoms with Crippen molar-refractivity contribution < 1.29 is 0 Å². The van der Waals surface area contributed by atoms with E-state index >= 15 is 0 Å². The first kappa shape index (κ1) is 18.1. The Morgan fingerprint density at radius 2 is 1.41 bits per heavy atom. The fourth-order valence-electron chi connectivity index (χ4n) is 6.70. The van der Waals surface area contributed by atoms with Crippen LogP contribution in [0.25, 0.3) is 0 Å². The molecule has 0 aromatic heterocycles. The summed E-state index contributed by atoms with van der Waals surface area (Å²) in [5.74, 6) is 1.24. The van der Waals surface area contributed by atoms with Gasteiger partial charge in [-0.1, -0.05) is 80.0 Å². The molecule has 2 fully saturated rings. The predicted molar refractivity (Wildman–Crippen MR) is 122 cm³/mol. The van der Waals surface area contributed by atoms with Gasteiger partial charge in [0, 0.05) is 25.0 Å². The zero-order valence-corrected chi connectivity index (χ0v) is 17.9. The van der Waals surface area contributed by atoms with E-state index in [9.17, 15) is 0 Å². The second kappa shape index (κ2) is 7.21. The van der Waals surface area contributed by atoms with Crippen LogP contribution in [0.4, 0.5) is 0 Å². The molecule has 6 rings (SSSR count). The van der Waals surface area contributed by atoms with Gasteiger partial charge in [-0.2, -0.15) is 0 Å². The molecule has 29 heavy (non-hydrogen) atoms. The Bertz CT molecular complexity index is 932. The molecule has 2 nitrogen and oxygen atoms in total. The van der Waals surface area contributed by atoms with E-state index in [0.717, 1.165) is 31.8 Å². The number of hydrogen-bond acceptors (Lipinski definition) is 2. The van der Waals surface area contributed by atoms with Gasteiger partial charge in [0.25, 0.3) is 0 Å². The molecule has 3 heteroatoms. The zero-order valence-electron chi connectivity index (χ0n) is 17.1. The minimum Gasteiger partial charge on any atom is -0.346 e. The number of fused-ring (bicyclic) bond motifs is 7. The fraction of sp³-hybridized carbons (Fsp3) is 0.500. The van der Waals surface area contributed by atoms with Crippen molar-refractivity contribution in [2.45, 2.75) is 57.2 Å². The third-order valence-corrected chi connectivity index (χ3v) is 8.51. The molecular weight excluding hydrogens is 372 g/mol. The lowest BCUT2D eigenvalue weighted by molar-refractivity contribution is -0.0244. The van der Waals surface area contributed by atoms with Gasteiger partial charge in [-0.25, -0.2) is 0 Å². The van der Waals surface area contributed by atoms with Crippen LogP contribution >= 0.6 is 12.2 Å². The van der Waals surface area contributed by atoms with Crippen LogP contribution in [-0.4, -0.2) is 27.9 Å². The van der Waals surface area contributed by atoms with Gasteiger partial charge in [0.2, 0.25) is 0 Å². The van der Waals surface area contributed by atoms with Crippen LogP contribution in [-0.2, 0) is 12.8 Å². The highest BCUT2D eigenvalue weighted by atomic mass is 32.1. The maximum Gasteiger partial charge on any atom is 0.109 e. The van der Waals surface area contributed by atoms with E-state index in [-0.39, 0.29) is 0 Å². The van der Waals surface area contributed by atoms with Gasteiger partial charge >= 0.3 is 0 Å². The highest BCUT2D eigenvalue weighted by Gasteiger charge is 2.51. The van der Waals surface area contributed by atoms with E-state index in [4.69, 9.17) is 12.2 Å². The quantitative estimate of drug-likeness (QED) is 0.567. The number of benzene rings is 2. The van der Waals surface area contributed by atoms with Gasteiger partial charge in [0.1, 0.15) is 6.17 Å². The van der Waals surface area contributed by atoms with Crippen LogP contribution in [0.15, 0.2) is 48.5 Å². The number of hydrogen-bond donors (Lipinski definition) is 0. The molecule has 0 N–H and O–H groups in total. The minimum atomic E-state index is 0.325. The molecule has 150 valence electrons. The van der Waals surface area contributed by atoms with Crippen molar-refractivity contribution in [2.75, 3.05) is 13.1 Å². The number of thiocarbonyl (C=S) groups is 1. The Hall–Kier alpha value is -1.71. The van der Waals surface area contributed by atoms with Crippen molar-refractivity contribution in [3.05, 3.63) is 70.8 Å². The number of rotatable bonds is 1. The summed E-state index contributed by atoms with van der Waals surface area (Å²) in [7, 11) is 0. The van der Waals surface area contributed by atoms with Crippen LogP contribution in [0.5, 0.6) is 0 Å². The first-order valence-electron chi connectivity index (χ1n) is 11.5. The maximum atomic E-state index is 6.33. The third-order valence-electron chi connectivity index (χ3n) is 8.00.